The molecule has 0 aliphatic rings. The summed E-state index contributed by atoms with van der Waals surface area (Å²) in [4.78, 5) is 22.4. The number of carboxylic acid groups (broad SMARTS) is 1. The van der Waals surface area contributed by atoms with E-state index in [9.17, 15) is 13.8 Å². The molecule has 20 heavy (non-hydrogen) atoms. The molecule has 1 aromatic carbocycles. The molecule has 2 unspecified atom stereocenters. The van der Waals surface area contributed by atoms with E-state index in [2.05, 4.69) is 10.6 Å². The van der Waals surface area contributed by atoms with Crippen molar-refractivity contribution in [1.82, 2.24) is 5.32 Å². The lowest BCUT2D eigenvalue weighted by Crippen LogP contribution is -2.31. The van der Waals surface area contributed by atoms with E-state index in [0.717, 1.165) is 0 Å². The Labute approximate surface area is 120 Å². The third-order valence-corrected chi connectivity index (χ3v) is 4.14. The van der Waals surface area contributed by atoms with Gasteiger partial charge in [-0.15, -0.1) is 0 Å². The standard InChI is InChI=1S/C13H18N2O4S/c1-9(20(2)19)6-7-14-13(18)15-11-5-3-4-10(8-11)12(16)17/h3-5,8-9H,6-7H2,1-2H3,(H,16,17)(H2,14,15,18). The van der Waals surface area contributed by atoms with Gasteiger partial charge in [0.2, 0.25) is 0 Å². The number of anilines is 1. The predicted octanol–water partition coefficient (Wildman–Crippen LogP) is 1.66. The molecular weight excluding hydrogens is 280 g/mol. The number of hydrogen-bond acceptors (Lipinski definition) is 3. The zero-order valence-corrected chi connectivity index (χ0v) is 12.2. The maximum Gasteiger partial charge on any atom is 0.335 e. The van der Waals surface area contributed by atoms with Gasteiger partial charge in [0.1, 0.15) is 0 Å². The first kappa shape index (κ1) is 16.2. The smallest absolute Gasteiger partial charge is 0.335 e. The van der Waals surface area contributed by atoms with Crippen LogP contribution in [0.15, 0.2) is 24.3 Å². The van der Waals surface area contributed by atoms with Crippen molar-refractivity contribution >= 4 is 28.5 Å². The van der Waals surface area contributed by atoms with Gasteiger partial charge in [-0.1, -0.05) is 13.0 Å². The second-order valence-electron chi connectivity index (χ2n) is 4.36. The number of carbonyl (C=O) groups is 2. The molecule has 6 nitrogen and oxygen atoms in total. The van der Waals surface area contributed by atoms with Gasteiger partial charge in [0.15, 0.2) is 0 Å². The second kappa shape index (κ2) is 7.64. The second-order valence-corrected chi connectivity index (χ2v) is 6.17. The fraction of sp³-hybridized carbons (Fsp3) is 0.385. The SMILES string of the molecule is CC(CCNC(=O)Nc1cccc(C(=O)O)c1)S(C)=O. The highest BCUT2D eigenvalue weighted by molar-refractivity contribution is 7.84. The summed E-state index contributed by atoms with van der Waals surface area (Å²) >= 11 is 0. The van der Waals surface area contributed by atoms with E-state index in [-0.39, 0.29) is 10.8 Å². The molecule has 0 aromatic heterocycles. The van der Waals surface area contributed by atoms with E-state index in [4.69, 9.17) is 5.11 Å². The summed E-state index contributed by atoms with van der Waals surface area (Å²) in [6.45, 7) is 2.26. The summed E-state index contributed by atoms with van der Waals surface area (Å²) < 4.78 is 11.1. The highest BCUT2D eigenvalue weighted by atomic mass is 32.2. The van der Waals surface area contributed by atoms with Crippen molar-refractivity contribution in [3.63, 3.8) is 0 Å². The molecule has 2 atom stereocenters. The molecule has 1 aromatic rings. The van der Waals surface area contributed by atoms with Crippen LogP contribution in [0, 0.1) is 0 Å². The van der Waals surface area contributed by atoms with Gasteiger partial charge < -0.3 is 15.7 Å². The molecule has 1 rings (SSSR count). The molecule has 0 saturated carbocycles. The molecule has 7 heteroatoms. The average Bonchev–Trinajstić information content (AvgIpc) is 2.38. The van der Waals surface area contributed by atoms with Crippen molar-refractivity contribution in [3.8, 4) is 0 Å². The van der Waals surface area contributed by atoms with Crippen LogP contribution >= 0.6 is 0 Å². The largest absolute Gasteiger partial charge is 0.478 e. The Balaban J connectivity index is 2.44. The van der Waals surface area contributed by atoms with Crippen LogP contribution in [0.4, 0.5) is 10.5 Å². The lowest BCUT2D eigenvalue weighted by Gasteiger charge is -2.10. The van der Waals surface area contributed by atoms with Gasteiger partial charge in [0.25, 0.3) is 0 Å². The first-order valence-corrected chi connectivity index (χ1v) is 7.72. The fourth-order valence-corrected chi connectivity index (χ4v) is 1.91. The lowest BCUT2D eigenvalue weighted by molar-refractivity contribution is 0.0697. The normalized spacial score (nSPS) is 13.3. The summed E-state index contributed by atoms with van der Waals surface area (Å²) in [5, 5.41) is 14.0. The number of hydrogen-bond donors (Lipinski definition) is 3. The minimum Gasteiger partial charge on any atom is -0.478 e. The zero-order valence-electron chi connectivity index (χ0n) is 11.4. The van der Waals surface area contributed by atoms with Gasteiger partial charge in [-0.05, 0) is 24.6 Å². The lowest BCUT2D eigenvalue weighted by atomic mass is 10.2. The Morgan fingerprint density at radius 3 is 2.70 bits per heavy atom. The molecule has 0 aliphatic heterocycles. The third kappa shape index (κ3) is 5.40. The summed E-state index contributed by atoms with van der Waals surface area (Å²) in [6.07, 6.45) is 2.24. The van der Waals surface area contributed by atoms with Crippen molar-refractivity contribution in [3.05, 3.63) is 29.8 Å². The van der Waals surface area contributed by atoms with E-state index < -0.39 is 22.8 Å². The number of benzene rings is 1. The third-order valence-electron chi connectivity index (χ3n) is 2.77. The molecule has 3 N–H and O–H groups in total. The Morgan fingerprint density at radius 1 is 1.40 bits per heavy atom. The molecule has 0 radical (unpaired) electrons. The van der Waals surface area contributed by atoms with E-state index in [1.165, 1.54) is 12.1 Å². The molecule has 0 saturated heterocycles. The summed E-state index contributed by atoms with van der Waals surface area (Å²) in [5.74, 6) is -1.05. The Bertz CT molecular complexity index is 519. The molecule has 0 spiro atoms. The van der Waals surface area contributed by atoms with Crippen LogP contribution in [0.3, 0.4) is 0 Å². The first-order chi connectivity index (χ1) is 9.40. The summed E-state index contributed by atoms with van der Waals surface area (Å²) in [7, 11) is -0.908. The zero-order chi connectivity index (χ0) is 15.1. The van der Waals surface area contributed by atoms with Crippen LogP contribution < -0.4 is 10.6 Å². The number of rotatable bonds is 6. The maximum atomic E-state index is 11.6. The highest BCUT2D eigenvalue weighted by Gasteiger charge is 2.08. The van der Waals surface area contributed by atoms with Crippen molar-refractivity contribution in [2.75, 3.05) is 18.1 Å². The highest BCUT2D eigenvalue weighted by Crippen LogP contribution is 2.10. The van der Waals surface area contributed by atoms with E-state index in [1.54, 1.807) is 18.4 Å². The first-order valence-electron chi connectivity index (χ1n) is 6.10. The quantitative estimate of drug-likeness (QED) is 0.744. The summed E-state index contributed by atoms with van der Waals surface area (Å²) in [5.41, 5.74) is 0.521. The van der Waals surface area contributed by atoms with Gasteiger partial charge in [0.05, 0.1) is 5.56 Å². The molecule has 110 valence electrons. The summed E-state index contributed by atoms with van der Waals surface area (Å²) in [6, 6.07) is 5.58. The van der Waals surface area contributed by atoms with Crippen LogP contribution in [-0.2, 0) is 10.8 Å². The minimum atomic E-state index is -1.05. The molecule has 0 aliphatic carbocycles. The average molecular weight is 298 g/mol. The van der Waals surface area contributed by atoms with E-state index >= 15 is 0 Å². The minimum absolute atomic E-state index is 0.0191. The van der Waals surface area contributed by atoms with Crippen LogP contribution in [0.5, 0.6) is 0 Å². The monoisotopic (exact) mass is 298 g/mol. The number of aromatic carboxylic acids is 1. The van der Waals surface area contributed by atoms with Gasteiger partial charge in [-0.2, -0.15) is 0 Å². The number of urea groups is 1. The number of nitrogens with one attached hydrogen (secondary N) is 2. The Kier molecular flexibility index (Phi) is 6.17. The molecular formula is C13H18N2O4S. The molecule has 0 fully saturated rings. The van der Waals surface area contributed by atoms with Gasteiger partial charge in [0, 0.05) is 34.5 Å². The van der Waals surface area contributed by atoms with Crippen molar-refractivity contribution in [2.24, 2.45) is 0 Å². The van der Waals surface area contributed by atoms with Crippen LogP contribution in [-0.4, -0.2) is 39.4 Å². The predicted molar refractivity (Wildman–Crippen MR) is 78.6 cm³/mol. The van der Waals surface area contributed by atoms with Gasteiger partial charge in [-0.25, -0.2) is 9.59 Å². The maximum absolute atomic E-state index is 11.6. The van der Waals surface area contributed by atoms with Crippen molar-refractivity contribution in [1.29, 1.82) is 0 Å². The Morgan fingerprint density at radius 2 is 2.10 bits per heavy atom. The number of carbonyl (C=O) groups excluding carboxylic acids is 1. The van der Waals surface area contributed by atoms with Gasteiger partial charge >= 0.3 is 12.0 Å². The number of carboxylic acids is 1. The molecule has 0 bridgehead atoms. The molecule has 2 amide bonds. The molecule has 0 heterocycles. The van der Waals surface area contributed by atoms with Crippen LogP contribution in [0.25, 0.3) is 0 Å². The number of amides is 2. The Hall–Kier alpha value is -1.89. The van der Waals surface area contributed by atoms with E-state index in [0.29, 0.717) is 18.7 Å². The topological polar surface area (TPSA) is 95.5 Å². The van der Waals surface area contributed by atoms with Crippen molar-refractivity contribution in [2.45, 2.75) is 18.6 Å². The fourth-order valence-electron chi connectivity index (χ4n) is 1.46. The van der Waals surface area contributed by atoms with E-state index in [1.807, 2.05) is 6.92 Å². The van der Waals surface area contributed by atoms with Crippen LogP contribution in [0.1, 0.15) is 23.7 Å². The van der Waals surface area contributed by atoms with Gasteiger partial charge in [-0.3, -0.25) is 4.21 Å². The van der Waals surface area contributed by atoms with Crippen molar-refractivity contribution < 1.29 is 18.9 Å². The van der Waals surface area contributed by atoms with Crippen LogP contribution in [0.2, 0.25) is 0 Å².